The highest BCUT2D eigenvalue weighted by Crippen LogP contribution is 2.39. The van der Waals surface area contributed by atoms with Crippen LogP contribution in [0, 0.1) is 19.8 Å². The average molecular weight is 380 g/mol. The molecule has 0 radical (unpaired) electrons. The summed E-state index contributed by atoms with van der Waals surface area (Å²) in [5.74, 6) is 0.585. The minimum atomic E-state index is 0.585. The van der Waals surface area contributed by atoms with Gasteiger partial charge in [0.15, 0.2) is 0 Å². The molecular formula is C28H29N. The first-order valence-corrected chi connectivity index (χ1v) is 10.5. The largest absolute Gasteiger partial charge is 0.313 e. The smallest absolute Gasteiger partial charge is 0.0609 e. The molecule has 146 valence electrons. The van der Waals surface area contributed by atoms with Gasteiger partial charge in [-0.1, -0.05) is 92.2 Å². The fraction of sp³-hybridized carbons (Fsp3) is 0.214. The van der Waals surface area contributed by atoms with Gasteiger partial charge in [-0.15, -0.1) is 0 Å². The second-order valence-corrected chi connectivity index (χ2v) is 8.35. The van der Waals surface area contributed by atoms with Crippen LogP contribution < -0.4 is 0 Å². The first-order chi connectivity index (χ1) is 14.0. The second kappa shape index (κ2) is 8.13. The maximum atomic E-state index is 2.49. The van der Waals surface area contributed by atoms with Gasteiger partial charge in [0.05, 0.1) is 5.69 Å². The molecule has 0 saturated carbocycles. The molecule has 0 aliphatic rings. The van der Waals surface area contributed by atoms with Crippen LogP contribution in [0.2, 0.25) is 0 Å². The van der Waals surface area contributed by atoms with Crippen LogP contribution in [-0.2, 0) is 6.42 Å². The molecule has 0 aliphatic heterocycles. The van der Waals surface area contributed by atoms with Crippen LogP contribution in [0.25, 0.3) is 28.1 Å². The molecule has 4 aromatic rings. The van der Waals surface area contributed by atoms with Crippen molar-refractivity contribution < 1.29 is 0 Å². The van der Waals surface area contributed by atoms with Crippen LogP contribution in [0.4, 0.5) is 0 Å². The van der Waals surface area contributed by atoms with Crippen molar-refractivity contribution in [1.82, 2.24) is 4.57 Å². The number of para-hydroxylation sites is 1. The molecule has 0 saturated heterocycles. The Morgan fingerprint density at radius 1 is 0.724 bits per heavy atom. The van der Waals surface area contributed by atoms with Crippen LogP contribution in [0.15, 0.2) is 84.9 Å². The molecule has 0 aliphatic carbocycles. The summed E-state index contributed by atoms with van der Waals surface area (Å²) in [6.07, 6.45) is 1.04. The van der Waals surface area contributed by atoms with E-state index in [9.17, 15) is 0 Å². The summed E-state index contributed by atoms with van der Waals surface area (Å²) in [5, 5.41) is 0. The first kappa shape index (κ1) is 19.3. The van der Waals surface area contributed by atoms with Crippen molar-refractivity contribution in [2.75, 3.05) is 0 Å². The Balaban J connectivity index is 2.07. The molecule has 3 aromatic carbocycles. The number of aryl methyl sites for hydroxylation is 2. The lowest BCUT2D eigenvalue weighted by atomic mass is 10.00. The van der Waals surface area contributed by atoms with E-state index in [4.69, 9.17) is 0 Å². The van der Waals surface area contributed by atoms with Crippen LogP contribution in [0.3, 0.4) is 0 Å². The third kappa shape index (κ3) is 3.91. The minimum absolute atomic E-state index is 0.585. The number of aromatic nitrogens is 1. The quantitative estimate of drug-likeness (QED) is 0.336. The SMILES string of the molecule is Cc1ccc(-c2c(-c3ccccc3)cc(CC(C)C)n2-c2ccccc2C)cc1. The van der Waals surface area contributed by atoms with Gasteiger partial charge < -0.3 is 4.57 Å². The van der Waals surface area contributed by atoms with Gasteiger partial charge in [-0.2, -0.15) is 0 Å². The summed E-state index contributed by atoms with van der Waals surface area (Å²) in [6.45, 7) is 8.94. The zero-order valence-corrected chi connectivity index (χ0v) is 17.8. The summed E-state index contributed by atoms with van der Waals surface area (Å²) in [6, 6.07) is 30.8. The number of hydrogen-bond acceptors (Lipinski definition) is 0. The molecule has 1 heteroatoms. The standard InChI is InChI=1S/C28H29N/c1-20(2)18-25-19-26(23-11-6-5-7-12-23)28(24-16-14-21(3)15-17-24)29(25)27-13-9-8-10-22(27)4/h5-17,19-20H,18H2,1-4H3. The maximum absolute atomic E-state index is 2.49. The third-order valence-corrected chi connectivity index (χ3v) is 5.46. The van der Waals surface area contributed by atoms with Gasteiger partial charge >= 0.3 is 0 Å². The van der Waals surface area contributed by atoms with Gasteiger partial charge in [0.25, 0.3) is 0 Å². The van der Waals surface area contributed by atoms with Crippen molar-refractivity contribution in [3.63, 3.8) is 0 Å². The zero-order valence-electron chi connectivity index (χ0n) is 17.8. The fourth-order valence-electron chi connectivity index (χ4n) is 4.06. The lowest BCUT2D eigenvalue weighted by Crippen LogP contribution is -2.06. The monoisotopic (exact) mass is 379 g/mol. The van der Waals surface area contributed by atoms with Crippen LogP contribution in [0.5, 0.6) is 0 Å². The van der Waals surface area contributed by atoms with Crippen molar-refractivity contribution >= 4 is 0 Å². The van der Waals surface area contributed by atoms with E-state index < -0.39 is 0 Å². The lowest BCUT2D eigenvalue weighted by Gasteiger charge is -2.18. The van der Waals surface area contributed by atoms with E-state index in [-0.39, 0.29) is 0 Å². The zero-order chi connectivity index (χ0) is 20.4. The second-order valence-electron chi connectivity index (χ2n) is 8.35. The topological polar surface area (TPSA) is 4.93 Å². The Hall–Kier alpha value is -3.06. The van der Waals surface area contributed by atoms with E-state index in [0.717, 1.165) is 6.42 Å². The Labute approximate surface area is 174 Å². The molecule has 0 spiro atoms. The molecule has 0 atom stereocenters. The van der Waals surface area contributed by atoms with Gasteiger partial charge in [0, 0.05) is 16.9 Å². The van der Waals surface area contributed by atoms with Gasteiger partial charge in [-0.05, 0) is 55.0 Å². The van der Waals surface area contributed by atoms with E-state index in [1.54, 1.807) is 0 Å². The van der Waals surface area contributed by atoms with E-state index >= 15 is 0 Å². The Morgan fingerprint density at radius 2 is 1.38 bits per heavy atom. The normalized spacial score (nSPS) is 11.2. The highest BCUT2D eigenvalue weighted by molar-refractivity contribution is 5.84. The van der Waals surface area contributed by atoms with Gasteiger partial charge in [0.1, 0.15) is 0 Å². The number of benzene rings is 3. The molecule has 1 heterocycles. The van der Waals surface area contributed by atoms with E-state index in [1.807, 2.05) is 0 Å². The van der Waals surface area contributed by atoms with Crippen LogP contribution >= 0.6 is 0 Å². The first-order valence-electron chi connectivity index (χ1n) is 10.5. The summed E-state index contributed by atoms with van der Waals surface area (Å²) in [5.41, 5.74) is 10.3. The molecule has 1 aromatic heterocycles. The highest BCUT2D eigenvalue weighted by atomic mass is 15.0. The van der Waals surface area contributed by atoms with Gasteiger partial charge in [-0.3, -0.25) is 0 Å². The lowest BCUT2D eigenvalue weighted by molar-refractivity contribution is 0.627. The molecule has 0 fully saturated rings. The third-order valence-electron chi connectivity index (χ3n) is 5.46. The Morgan fingerprint density at radius 3 is 2.03 bits per heavy atom. The number of hydrogen-bond donors (Lipinski definition) is 0. The molecule has 0 unspecified atom stereocenters. The van der Waals surface area contributed by atoms with E-state index in [0.29, 0.717) is 5.92 Å². The van der Waals surface area contributed by atoms with Crippen molar-refractivity contribution in [2.45, 2.75) is 34.1 Å². The molecule has 29 heavy (non-hydrogen) atoms. The fourth-order valence-corrected chi connectivity index (χ4v) is 4.06. The molecule has 0 bridgehead atoms. The van der Waals surface area contributed by atoms with Crippen molar-refractivity contribution in [3.8, 4) is 28.1 Å². The highest BCUT2D eigenvalue weighted by Gasteiger charge is 2.20. The maximum Gasteiger partial charge on any atom is 0.0609 e. The van der Waals surface area contributed by atoms with Crippen LogP contribution in [0.1, 0.15) is 30.7 Å². The summed E-state index contributed by atoms with van der Waals surface area (Å²) in [7, 11) is 0. The number of nitrogens with zero attached hydrogens (tertiary/aromatic N) is 1. The van der Waals surface area contributed by atoms with Crippen molar-refractivity contribution in [3.05, 3.63) is 102 Å². The minimum Gasteiger partial charge on any atom is -0.313 e. The van der Waals surface area contributed by atoms with Gasteiger partial charge in [0.2, 0.25) is 0 Å². The van der Waals surface area contributed by atoms with Crippen molar-refractivity contribution in [1.29, 1.82) is 0 Å². The van der Waals surface area contributed by atoms with E-state index in [1.165, 1.54) is 44.9 Å². The number of rotatable bonds is 5. The average Bonchev–Trinajstić information content (AvgIpc) is 3.08. The Bertz CT molecular complexity index is 1100. The molecule has 0 amide bonds. The molecular weight excluding hydrogens is 350 g/mol. The summed E-state index contributed by atoms with van der Waals surface area (Å²) in [4.78, 5) is 0. The Kier molecular flexibility index (Phi) is 5.40. The molecule has 0 N–H and O–H groups in total. The van der Waals surface area contributed by atoms with Gasteiger partial charge in [-0.25, -0.2) is 0 Å². The predicted molar refractivity (Wildman–Crippen MR) is 125 cm³/mol. The van der Waals surface area contributed by atoms with Crippen LogP contribution in [-0.4, -0.2) is 4.57 Å². The molecule has 4 rings (SSSR count). The molecule has 1 nitrogen and oxygen atoms in total. The summed E-state index contributed by atoms with van der Waals surface area (Å²) < 4.78 is 2.49. The van der Waals surface area contributed by atoms with Crippen molar-refractivity contribution in [2.24, 2.45) is 5.92 Å². The van der Waals surface area contributed by atoms with E-state index in [2.05, 4.69) is 117 Å². The predicted octanol–water partition coefficient (Wildman–Crippen LogP) is 7.63. The summed E-state index contributed by atoms with van der Waals surface area (Å²) >= 11 is 0.